The number of carbonyl (C=O) groups is 3. The van der Waals surface area contributed by atoms with Gasteiger partial charge in [-0.15, -0.1) is 0 Å². The van der Waals surface area contributed by atoms with Crippen LogP contribution in [-0.2, 0) is 28.6 Å². The highest BCUT2D eigenvalue weighted by atomic mass is 16.6. The third-order valence-corrected chi connectivity index (χ3v) is 12.1. The molecule has 0 radical (unpaired) electrons. The van der Waals surface area contributed by atoms with Crippen molar-refractivity contribution in [3.05, 3.63) is 85.1 Å². The van der Waals surface area contributed by atoms with E-state index in [1.165, 1.54) is 109 Å². The predicted molar refractivity (Wildman–Crippen MR) is 293 cm³/mol. The fourth-order valence-electron chi connectivity index (χ4n) is 7.84. The van der Waals surface area contributed by atoms with Crippen LogP contribution in [0.15, 0.2) is 85.1 Å². The number of unbranched alkanes of at least 4 members (excludes halogenated alkanes) is 26. The molecule has 0 aromatic heterocycles. The van der Waals surface area contributed by atoms with Gasteiger partial charge in [0.1, 0.15) is 13.2 Å². The Labute approximate surface area is 420 Å². The Hall–Kier alpha value is -3.41. The first-order chi connectivity index (χ1) is 33.5. The molecule has 0 saturated heterocycles. The quantitative estimate of drug-likeness (QED) is 0.0262. The standard InChI is InChI=1S/C62H106O6/c1-4-7-10-13-15-17-19-21-23-24-25-26-27-28-29-30-31-32-33-34-35-36-37-38-39-41-42-44-46-49-52-55-61(64)67-58-59(57-66-60(63)54-51-48-12-9-6-3)68-62(65)56-53-50-47-45-43-40-22-20-18-16-14-11-8-5-2/h7,10,14-17,20-23,25-26,28-29,59H,4-6,8-9,11-13,18-19,24,27,30-58H2,1-3H3/b10-7-,16-14-,17-15-,22-20-,23-21-,26-25-,29-28-. The van der Waals surface area contributed by atoms with Gasteiger partial charge < -0.3 is 14.2 Å². The van der Waals surface area contributed by atoms with Crippen LogP contribution in [-0.4, -0.2) is 37.2 Å². The highest BCUT2D eigenvalue weighted by molar-refractivity contribution is 5.71. The molecule has 390 valence electrons. The average Bonchev–Trinajstić information content (AvgIpc) is 3.34. The Bertz CT molecular complexity index is 1320. The van der Waals surface area contributed by atoms with Gasteiger partial charge in [0.25, 0.3) is 0 Å². The third-order valence-electron chi connectivity index (χ3n) is 12.1. The minimum Gasteiger partial charge on any atom is -0.462 e. The van der Waals surface area contributed by atoms with E-state index < -0.39 is 6.10 Å². The lowest BCUT2D eigenvalue weighted by Gasteiger charge is -2.18. The van der Waals surface area contributed by atoms with Gasteiger partial charge in [-0.1, -0.05) is 247 Å². The van der Waals surface area contributed by atoms with Gasteiger partial charge in [-0.05, 0) is 89.9 Å². The normalized spacial score (nSPS) is 12.7. The molecule has 0 aliphatic heterocycles. The molecule has 0 bridgehead atoms. The van der Waals surface area contributed by atoms with Crippen LogP contribution in [0.4, 0.5) is 0 Å². The maximum Gasteiger partial charge on any atom is 0.306 e. The van der Waals surface area contributed by atoms with Gasteiger partial charge in [0.2, 0.25) is 0 Å². The maximum absolute atomic E-state index is 12.7. The molecule has 68 heavy (non-hydrogen) atoms. The molecule has 1 unspecified atom stereocenters. The Morgan fingerprint density at radius 1 is 0.309 bits per heavy atom. The molecular weight excluding hydrogens is 841 g/mol. The van der Waals surface area contributed by atoms with Crippen LogP contribution in [0.3, 0.4) is 0 Å². The summed E-state index contributed by atoms with van der Waals surface area (Å²) in [6.07, 6.45) is 73.4. The van der Waals surface area contributed by atoms with E-state index in [1.54, 1.807) is 0 Å². The number of carbonyl (C=O) groups excluding carboxylic acids is 3. The molecule has 0 aromatic carbocycles. The van der Waals surface area contributed by atoms with Gasteiger partial charge in [0.15, 0.2) is 6.10 Å². The van der Waals surface area contributed by atoms with E-state index in [2.05, 4.69) is 106 Å². The number of esters is 3. The van der Waals surface area contributed by atoms with Gasteiger partial charge in [0.05, 0.1) is 0 Å². The third kappa shape index (κ3) is 53.5. The average molecular weight is 948 g/mol. The van der Waals surface area contributed by atoms with Crippen molar-refractivity contribution in [3.8, 4) is 0 Å². The van der Waals surface area contributed by atoms with Crippen LogP contribution < -0.4 is 0 Å². The summed E-state index contributed by atoms with van der Waals surface area (Å²) in [5.74, 6) is -0.905. The second kappa shape index (κ2) is 56.2. The van der Waals surface area contributed by atoms with Crippen molar-refractivity contribution < 1.29 is 28.6 Å². The van der Waals surface area contributed by atoms with Gasteiger partial charge in [-0.25, -0.2) is 0 Å². The van der Waals surface area contributed by atoms with Crippen LogP contribution in [0.1, 0.15) is 271 Å². The lowest BCUT2D eigenvalue weighted by atomic mass is 10.0. The van der Waals surface area contributed by atoms with Crippen LogP contribution in [0, 0.1) is 0 Å². The first kappa shape index (κ1) is 64.6. The number of rotatable bonds is 51. The second-order valence-electron chi connectivity index (χ2n) is 18.8. The zero-order valence-electron chi connectivity index (χ0n) is 44.6. The Kier molecular flexibility index (Phi) is 53.4. The first-order valence-corrected chi connectivity index (χ1v) is 28.6. The van der Waals surface area contributed by atoms with Crippen molar-refractivity contribution in [1.29, 1.82) is 0 Å². The van der Waals surface area contributed by atoms with Gasteiger partial charge in [-0.2, -0.15) is 0 Å². The molecule has 1 atom stereocenters. The first-order valence-electron chi connectivity index (χ1n) is 28.6. The van der Waals surface area contributed by atoms with E-state index in [4.69, 9.17) is 14.2 Å². The van der Waals surface area contributed by atoms with Crippen molar-refractivity contribution in [2.75, 3.05) is 13.2 Å². The second-order valence-corrected chi connectivity index (χ2v) is 18.8. The molecule has 0 amide bonds. The molecule has 0 aliphatic rings. The Morgan fingerprint density at radius 2 is 0.588 bits per heavy atom. The number of hydrogen-bond donors (Lipinski definition) is 0. The number of ether oxygens (including phenoxy) is 3. The zero-order valence-corrected chi connectivity index (χ0v) is 44.6. The van der Waals surface area contributed by atoms with Crippen LogP contribution in [0.5, 0.6) is 0 Å². The highest BCUT2D eigenvalue weighted by Crippen LogP contribution is 2.16. The molecule has 0 fully saturated rings. The Balaban J connectivity index is 3.99. The van der Waals surface area contributed by atoms with Gasteiger partial charge in [0, 0.05) is 19.3 Å². The number of allylic oxidation sites excluding steroid dienone is 14. The molecule has 0 spiro atoms. The summed E-state index contributed by atoms with van der Waals surface area (Å²) in [5.41, 5.74) is 0. The zero-order chi connectivity index (χ0) is 49.3. The van der Waals surface area contributed by atoms with Crippen molar-refractivity contribution in [3.63, 3.8) is 0 Å². The molecule has 6 heteroatoms. The Morgan fingerprint density at radius 3 is 0.941 bits per heavy atom. The topological polar surface area (TPSA) is 78.9 Å². The molecule has 0 aromatic rings. The SMILES string of the molecule is CC/C=C\C/C=C\C/C=C\C/C=C\C/C=C\CCCCCCCCCCCCCCCCCC(=O)OCC(COC(=O)CCCCCCC)OC(=O)CCCCCCC/C=C\C/C=C\CCCC. The summed E-state index contributed by atoms with van der Waals surface area (Å²) in [4.78, 5) is 37.7. The fraction of sp³-hybridized carbons (Fsp3) is 0.726. The van der Waals surface area contributed by atoms with Crippen molar-refractivity contribution >= 4 is 17.9 Å². The van der Waals surface area contributed by atoms with Gasteiger partial charge in [-0.3, -0.25) is 14.4 Å². The van der Waals surface area contributed by atoms with E-state index in [9.17, 15) is 14.4 Å². The highest BCUT2D eigenvalue weighted by Gasteiger charge is 2.19. The smallest absolute Gasteiger partial charge is 0.306 e. The molecule has 0 N–H and O–H groups in total. The van der Waals surface area contributed by atoms with E-state index in [-0.39, 0.29) is 31.1 Å². The lowest BCUT2D eigenvalue weighted by Crippen LogP contribution is -2.30. The van der Waals surface area contributed by atoms with Crippen molar-refractivity contribution in [2.45, 2.75) is 277 Å². The summed E-state index contributed by atoms with van der Waals surface area (Å²) in [6, 6.07) is 0. The molecule has 6 nitrogen and oxygen atoms in total. The van der Waals surface area contributed by atoms with Crippen LogP contribution in [0.25, 0.3) is 0 Å². The summed E-state index contributed by atoms with van der Waals surface area (Å²) in [7, 11) is 0. The summed E-state index contributed by atoms with van der Waals surface area (Å²) >= 11 is 0. The molecule has 0 rings (SSSR count). The largest absolute Gasteiger partial charge is 0.462 e. The molecule has 0 saturated carbocycles. The van der Waals surface area contributed by atoms with Gasteiger partial charge >= 0.3 is 17.9 Å². The number of hydrogen-bond acceptors (Lipinski definition) is 6. The van der Waals surface area contributed by atoms with E-state index in [0.29, 0.717) is 19.3 Å². The molecular formula is C62H106O6. The van der Waals surface area contributed by atoms with Crippen LogP contribution in [0.2, 0.25) is 0 Å². The molecule has 0 aliphatic carbocycles. The molecule has 0 heterocycles. The van der Waals surface area contributed by atoms with E-state index >= 15 is 0 Å². The monoisotopic (exact) mass is 947 g/mol. The van der Waals surface area contributed by atoms with Crippen molar-refractivity contribution in [2.24, 2.45) is 0 Å². The van der Waals surface area contributed by atoms with Crippen molar-refractivity contribution in [1.82, 2.24) is 0 Å². The van der Waals surface area contributed by atoms with Crippen LogP contribution >= 0.6 is 0 Å². The summed E-state index contributed by atoms with van der Waals surface area (Å²) in [6.45, 7) is 6.39. The van der Waals surface area contributed by atoms with E-state index in [1.807, 2.05) is 0 Å². The van der Waals surface area contributed by atoms with E-state index in [0.717, 1.165) is 122 Å². The minimum atomic E-state index is -0.778. The summed E-state index contributed by atoms with van der Waals surface area (Å²) in [5, 5.41) is 0. The minimum absolute atomic E-state index is 0.0805. The lowest BCUT2D eigenvalue weighted by molar-refractivity contribution is -0.167. The maximum atomic E-state index is 12.7. The summed E-state index contributed by atoms with van der Waals surface area (Å²) < 4.78 is 16.7. The fourth-order valence-corrected chi connectivity index (χ4v) is 7.84. The predicted octanol–water partition coefficient (Wildman–Crippen LogP) is 19.2.